The van der Waals surface area contributed by atoms with Gasteiger partial charge in [0.05, 0.1) is 19.9 Å². The number of nitrogens with zero attached hydrogens (tertiary/aromatic N) is 2. The zero-order chi connectivity index (χ0) is 16.8. The van der Waals surface area contributed by atoms with Crippen LogP contribution in [-0.4, -0.2) is 32.2 Å². The van der Waals surface area contributed by atoms with Crippen molar-refractivity contribution in [1.82, 2.24) is 4.98 Å². The molecule has 0 bridgehead atoms. The molecular formula is C17H17ClN2O3. The zero-order valence-electron chi connectivity index (χ0n) is 13.1. The summed E-state index contributed by atoms with van der Waals surface area (Å²) in [6.07, 6.45) is 1.32. The van der Waals surface area contributed by atoms with E-state index in [-0.39, 0.29) is 5.70 Å². The molecule has 2 aromatic rings. The highest BCUT2D eigenvalue weighted by molar-refractivity contribution is 6.30. The maximum absolute atomic E-state index is 11.9. The standard InChI is InChI=1S/C17H17ClN2O3/c1-20(15(11-22-2)17(21)23-3)16-6-4-5-14(19-16)12-7-9-13(18)10-8-12/h4-11H,1-3H3. The first-order valence-electron chi connectivity index (χ1n) is 6.85. The minimum atomic E-state index is -0.506. The zero-order valence-corrected chi connectivity index (χ0v) is 13.9. The summed E-state index contributed by atoms with van der Waals surface area (Å²) >= 11 is 5.91. The number of hydrogen-bond acceptors (Lipinski definition) is 5. The van der Waals surface area contributed by atoms with Crippen LogP contribution in [0.1, 0.15) is 0 Å². The fourth-order valence-corrected chi connectivity index (χ4v) is 2.12. The molecule has 0 spiro atoms. The Morgan fingerprint density at radius 1 is 1.17 bits per heavy atom. The van der Waals surface area contributed by atoms with Crippen molar-refractivity contribution < 1.29 is 14.3 Å². The van der Waals surface area contributed by atoms with Gasteiger partial charge in [-0.05, 0) is 24.3 Å². The molecule has 23 heavy (non-hydrogen) atoms. The maximum atomic E-state index is 11.9. The fourth-order valence-electron chi connectivity index (χ4n) is 2.00. The molecule has 0 aliphatic rings. The first-order valence-corrected chi connectivity index (χ1v) is 7.22. The molecule has 0 radical (unpaired) electrons. The Balaban J connectivity index is 2.36. The second-order valence-electron chi connectivity index (χ2n) is 4.68. The molecule has 0 fully saturated rings. The number of carbonyl (C=O) groups is 1. The maximum Gasteiger partial charge on any atom is 0.357 e. The molecule has 0 atom stereocenters. The molecule has 0 N–H and O–H groups in total. The number of methoxy groups -OCH3 is 2. The topological polar surface area (TPSA) is 51.7 Å². The first kappa shape index (κ1) is 16.8. The van der Waals surface area contributed by atoms with E-state index in [1.165, 1.54) is 20.5 Å². The van der Waals surface area contributed by atoms with Crippen molar-refractivity contribution >= 4 is 23.4 Å². The van der Waals surface area contributed by atoms with Crippen molar-refractivity contribution in [3.8, 4) is 11.3 Å². The molecule has 1 aromatic heterocycles. The van der Waals surface area contributed by atoms with Gasteiger partial charge in [0, 0.05) is 17.6 Å². The highest BCUT2D eigenvalue weighted by Gasteiger charge is 2.18. The average molecular weight is 333 g/mol. The summed E-state index contributed by atoms with van der Waals surface area (Å²) in [7, 11) is 4.50. The molecule has 2 rings (SSSR count). The Morgan fingerprint density at radius 3 is 2.48 bits per heavy atom. The van der Waals surface area contributed by atoms with Crippen molar-refractivity contribution in [2.45, 2.75) is 0 Å². The number of hydrogen-bond donors (Lipinski definition) is 0. The van der Waals surface area contributed by atoms with E-state index in [1.807, 2.05) is 24.3 Å². The third-order valence-corrected chi connectivity index (χ3v) is 3.46. The predicted octanol–water partition coefficient (Wildman–Crippen LogP) is 3.50. The van der Waals surface area contributed by atoms with E-state index < -0.39 is 5.97 Å². The molecule has 0 amide bonds. The Kier molecular flexibility index (Phi) is 5.60. The predicted molar refractivity (Wildman–Crippen MR) is 90.2 cm³/mol. The number of benzene rings is 1. The summed E-state index contributed by atoms with van der Waals surface area (Å²) in [5.41, 5.74) is 1.95. The third-order valence-electron chi connectivity index (χ3n) is 3.20. The monoisotopic (exact) mass is 332 g/mol. The van der Waals surface area contributed by atoms with Crippen LogP contribution in [-0.2, 0) is 14.3 Å². The lowest BCUT2D eigenvalue weighted by Crippen LogP contribution is -2.25. The lowest BCUT2D eigenvalue weighted by atomic mass is 10.1. The number of aromatic nitrogens is 1. The second-order valence-corrected chi connectivity index (χ2v) is 5.11. The van der Waals surface area contributed by atoms with Gasteiger partial charge in [-0.2, -0.15) is 0 Å². The van der Waals surface area contributed by atoms with Gasteiger partial charge in [0.15, 0.2) is 5.70 Å². The normalized spacial score (nSPS) is 11.0. The number of pyridine rings is 1. The SMILES string of the molecule is COC=C(C(=O)OC)N(C)c1cccc(-c2ccc(Cl)cc2)n1. The van der Waals surface area contributed by atoms with Crippen LogP contribution < -0.4 is 4.90 Å². The van der Waals surface area contributed by atoms with Gasteiger partial charge in [-0.15, -0.1) is 0 Å². The summed E-state index contributed by atoms with van der Waals surface area (Å²) < 4.78 is 9.71. The lowest BCUT2D eigenvalue weighted by Gasteiger charge is -2.20. The van der Waals surface area contributed by atoms with E-state index in [0.29, 0.717) is 10.8 Å². The highest BCUT2D eigenvalue weighted by Crippen LogP contribution is 2.23. The summed E-state index contributed by atoms with van der Waals surface area (Å²) in [5.74, 6) is 0.0826. The summed E-state index contributed by atoms with van der Waals surface area (Å²) in [6.45, 7) is 0. The minimum Gasteiger partial charge on any atom is -0.502 e. The van der Waals surface area contributed by atoms with Crippen LogP contribution in [0.15, 0.2) is 54.4 Å². The van der Waals surface area contributed by atoms with Crippen LogP contribution in [0.25, 0.3) is 11.3 Å². The second kappa shape index (κ2) is 7.65. The van der Waals surface area contributed by atoms with E-state index in [9.17, 15) is 4.79 Å². The van der Waals surface area contributed by atoms with Gasteiger partial charge in [-0.3, -0.25) is 0 Å². The Bertz CT molecular complexity index is 714. The summed E-state index contributed by atoms with van der Waals surface area (Å²) in [4.78, 5) is 18.0. The quantitative estimate of drug-likeness (QED) is 0.476. The van der Waals surface area contributed by atoms with E-state index in [1.54, 1.807) is 30.1 Å². The Labute approximate surface area is 140 Å². The first-order chi connectivity index (χ1) is 11.1. The van der Waals surface area contributed by atoms with Gasteiger partial charge in [0.1, 0.15) is 12.1 Å². The summed E-state index contributed by atoms with van der Waals surface area (Å²) in [6, 6.07) is 12.9. The molecule has 1 heterocycles. The van der Waals surface area contributed by atoms with Crippen LogP contribution >= 0.6 is 11.6 Å². The van der Waals surface area contributed by atoms with Gasteiger partial charge >= 0.3 is 5.97 Å². The minimum absolute atomic E-state index is 0.246. The summed E-state index contributed by atoms with van der Waals surface area (Å²) in [5, 5.41) is 0.665. The number of rotatable bonds is 5. The van der Waals surface area contributed by atoms with Gasteiger partial charge in [-0.1, -0.05) is 29.8 Å². The van der Waals surface area contributed by atoms with Crippen molar-refractivity contribution in [3.63, 3.8) is 0 Å². The van der Waals surface area contributed by atoms with E-state index in [0.717, 1.165) is 11.3 Å². The molecule has 0 aliphatic carbocycles. The average Bonchev–Trinajstić information content (AvgIpc) is 2.59. The molecule has 0 saturated heterocycles. The molecule has 0 saturated carbocycles. The van der Waals surface area contributed by atoms with Crippen molar-refractivity contribution in [3.05, 3.63) is 59.4 Å². The number of carbonyl (C=O) groups excluding carboxylic acids is 1. The van der Waals surface area contributed by atoms with Gasteiger partial charge in [-0.25, -0.2) is 9.78 Å². The molecule has 0 aliphatic heterocycles. The number of esters is 1. The molecule has 0 unspecified atom stereocenters. The van der Waals surface area contributed by atoms with Crippen LogP contribution in [0.4, 0.5) is 5.82 Å². The van der Waals surface area contributed by atoms with Crippen molar-refractivity contribution in [2.24, 2.45) is 0 Å². The van der Waals surface area contributed by atoms with Gasteiger partial charge in [0.25, 0.3) is 0 Å². The van der Waals surface area contributed by atoms with E-state index in [2.05, 4.69) is 4.98 Å². The molecule has 1 aromatic carbocycles. The molecule has 6 heteroatoms. The van der Waals surface area contributed by atoms with Gasteiger partial charge in [0.2, 0.25) is 0 Å². The number of likely N-dealkylation sites (N-methyl/N-ethyl adjacent to an activating group) is 1. The number of anilines is 1. The lowest BCUT2D eigenvalue weighted by molar-refractivity contribution is -0.136. The smallest absolute Gasteiger partial charge is 0.357 e. The largest absolute Gasteiger partial charge is 0.502 e. The molecular weight excluding hydrogens is 316 g/mol. The molecule has 120 valence electrons. The Hall–Kier alpha value is -2.53. The highest BCUT2D eigenvalue weighted by atomic mass is 35.5. The number of ether oxygens (including phenoxy) is 2. The number of halogens is 1. The fraction of sp³-hybridized carbons (Fsp3) is 0.176. The molecule has 5 nitrogen and oxygen atoms in total. The third kappa shape index (κ3) is 4.02. The van der Waals surface area contributed by atoms with Crippen molar-refractivity contribution in [2.75, 3.05) is 26.2 Å². The van der Waals surface area contributed by atoms with Crippen LogP contribution in [0.2, 0.25) is 5.02 Å². The van der Waals surface area contributed by atoms with Crippen molar-refractivity contribution in [1.29, 1.82) is 0 Å². The van der Waals surface area contributed by atoms with E-state index >= 15 is 0 Å². The van der Waals surface area contributed by atoms with E-state index in [4.69, 9.17) is 21.1 Å². The Morgan fingerprint density at radius 2 is 1.87 bits per heavy atom. The van der Waals surface area contributed by atoms with Crippen LogP contribution in [0, 0.1) is 0 Å². The van der Waals surface area contributed by atoms with Gasteiger partial charge < -0.3 is 14.4 Å². The van der Waals surface area contributed by atoms with Crippen LogP contribution in [0.5, 0.6) is 0 Å². The van der Waals surface area contributed by atoms with Crippen LogP contribution in [0.3, 0.4) is 0 Å².